The molecule has 1 aliphatic heterocycles. The van der Waals surface area contributed by atoms with E-state index in [2.05, 4.69) is 0 Å². The van der Waals surface area contributed by atoms with Gasteiger partial charge < -0.3 is 9.47 Å². The third-order valence-corrected chi connectivity index (χ3v) is 7.10. The number of amides is 1. The molecular formula is C26H28N2O6S. The van der Waals surface area contributed by atoms with Crippen LogP contribution in [0, 0.1) is 0 Å². The largest absolute Gasteiger partial charge is 0.487 e. The van der Waals surface area contributed by atoms with Crippen LogP contribution in [0.25, 0.3) is 10.8 Å². The van der Waals surface area contributed by atoms with E-state index in [4.69, 9.17) is 9.47 Å². The first-order chi connectivity index (χ1) is 16.9. The summed E-state index contributed by atoms with van der Waals surface area (Å²) in [7, 11) is -3.99. The van der Waals surface area contributed by atoms with Gasteiger partial charge in [0, 0.05) is 6.42 Å². The van der Waals surface area contributed by atoms with E-state index in [0.29, 0.717) is 24.5 Å². The molecule has 35 heavy (non-hydrogen) atoms. The number of fused-ring (bicyclic) bond motifs is 1. The van der Waals surface area contributed by atoms with Crippen molar-refractivity contribution in [1.82, 2.24) is 4.72 Å². The van der Waals surface area contributed by atoms with Crippen LogP contribution in [-0.4, -0.2) is 33.4 Å². The fourth-order valence-corrected chi connectivity index (χ4v) is 5.16. The fourth-order valence-electron chi connectivity index (χ4n) is 4.01. The van der Waals surface area contributed by atoms with Gasteiger partial charge in [-0.15, -0.1) is 0 Å². The van der Waals surface area contributed by atoms with Gasteiger partial charge in [-0.3, -0.25) is 9.59 Å². The average Bonchev–Trinajstić information content (AvgIpc) is 3.12. The topological polar surface area (TPSA) is 102 Å². The minimum Gasteiger partial charge on any atom is -0.487 e. The van der Waals surface area contributed by atoms with Gasteiger partial charge in [0.1, 0.15) is 18.9 Å². The quantitative estimate of drug-likeness (QED) is 0.338. The highest BCUT2D eigenvalue weighted by molar-refractivity contribution is 7.92. The van der Waals surface area contributed by atoms with Gasteiger partial charge in [-0.25, -0.2) is 9.03 Å². The van der Waals surface area contributed by atoms with Gasteiger partial charge in [-0.2, -0.15) is 8.42 Å². The lowest BCUT2D eigenvalue weighted by atomic mass is 10.0. The summed E-state index contributed by atoms with van der Waals surface area (Å²) in [5.41, 5.74) is 2.32. The highest BCUT2D eigenvalue weighted by Crippen LogP contribution is 2.36. The molecular weight excluding hydrogens is 468 g/mol. The Morgan fingerprint density at radius 1 is 1.00 bits per heavy atom. The van der Waals surface area contributed by atoms with Gasteiger partial charge in [0.05, 0.1) is 12.3 Å². The normalized spacial score (nSPS) is 14.7. The number of hydrogen-bond acceptors (Lipinski definition) is 6. The molecule has 1 saturated heterocycles. The summed E-state index contributed by atoms with van der Waals surface area (Å²) in [6.45, 7) is 2.13. The molecule has 9 heteroatoms. The van der Waals surface area contributed by atoms with E-state index in [1.807, 2.05) is 53.3 Å². The predicted octanol–water partition coefficient (Wildman–Crippen LogP) is 3.88. The highest BCUT2D eigenvalue weighted by Gasteiger charge is 2.36. The number of rotatable bonds is 10. The molecule has 0 aliphatic carbocycles. The molecule has 0 bridgehead atoms. The minimum absolute atomic E-state index is 0.186. The van der Waals surface area contributed by atoms with Crippen molar-refractivity contribution in [3.05, 3.63) is 71.8 Å². The van der Waals surface area contributed by atoms with Crippen LogP contribution in [0.5, 0.6) is 5.75 Å². The number of carbonyl (C=O) groups is 2. The number of nitrogens with zero attached hydrogens (tertiary/aromatic N) is 1. The van der Waals surface area contributed by atoms with E-state index in [9.17, 15) is 18.0 Å². The smallest absolute Gasteiger partial charge is 0.326 e. The lowest BCUT2D eigenvalue weighted by Crippen LogP contribution is -2.29. The Hall–Kier alpha value is -3.59. The predicted molar refractivity (Wildman–Crippen MR) is 133 cm³/mol. The zero-order chi connectivity index (χ0) is 24.8. The minimum atomic E-state index is -3.99. The summed E-state index contributed by atoms with van der Waals surface area (Å²) in [6, 6.07) is 19.1. The molecule has 8 nitrogen and oxygen atoms in total. The van der Waals surface area contributed by atoms with Crippen molar-refractivity contribution in [3.63, 3.8) is 0 Å². The lowest BCUT2D eigenvalue weighted by Gasteiger charge is -2.20. The third-order valence-electron chi connectivity index (χ3n) is 5.71. The Bertz CT molecular complexity index is 1320. The van der Waals surface area contributed by atoms with Gasteiger partial charge >= 0.3 is 16.2 Å². The number of esters is 1. The van der Waals surface area contributed by atoms with Crippen LogP contribution >= 0.6 is 0 Å². The maximum atomic E-state index is 12.6. The molecule has 0 aromatic heterocycles. The van der Waals surface area contributed by atoms with Crippen molar-refractivity contribution in [2.45, 2.75) is 39.2 Å². The van der Waals surface area contributed by atoms with Crippen molar-refractivity contribution >= 4 is 38.5 Å². The van der Waals surface area contributed by atoms with Crippen molar-refractivity contribution < 1.29 is 27.5 Å². The van der Waals surface area contributed by atoms with E-state index >= 15 is 0 Å². The second-order valence-corrected chi connectivity index (χ2v) is 9.92. The standard InChI is InChI=1S/C26H28N2O6S/c1-2-33-26(30)11-7-6-8-19-12-13-21-16-24(34-18-20-9-4-3-5-10-20)23(15-22(21)14-19)28-17-25(29)27-35(28,31)32/h3-5,9-10,12-16H,2,6-8,11,17-18H2,1H3,(H,27,29). The first-order valence-electron chi connectivity index (χ1n) is 11.6. The van der Waals surface area contributed by atoms with Crippen LogP contribution in [0.1, 0.15) is 37.3 Å². The van der Waals surface area contributed by atoms with Crippen LogP contribution in [0.4, 0.5) is 5.69 Å². The van der Waals surface area contributed by atoms with Gasteiger partial charge in [-0.1, -0.05) is 48.5 Å². The number of anilines is 1. The molecule has 0 spiro atoms. The van der Waals surface area contributed by atoms with Gasteiger partial charge in [-0.05, 0) is 60.2 Å². The summed E-state index contributed by atoms with van der Waals surface area (Å²) in [4.78, 5) is 23.4. The fraction of sp³-hybridized carbons (Fsp3) is 0.308. The van der Waals surface area contributed by atoms with Crippen molar-refractivity contribution in [1.29, 1.82) is 0 Å². The molecule has 3 aromatic carbocycles. The molecule has 1 aliphatic rings. The van der Waals surface area contributed by atoms with Crippen molar-refractivity contribution in [2.24, 2.45) is 0 Å². The van der Waals surface area contributed by atoms with E-state index in [1.165, 1.54) is 0 Å². The molecule has 0 unspecified atom stereocenters. The molecule has 1 fully saturated rings. The summed E-state index contributed by atoms with van der Waals surface area (Å²) in [5.74, 6) is -0.397. The number of hydrogen-bond donors (Lipinski definition) is 1. The first kappa shape index (κ1) is 24.5. The van der Waals surface area contributed by atoms with Crippen molar-refractivity contribution in [3.8, 4) is 5.75 Å². The van der Waals surface area contributed by atoms with Gasteiger partial charge in [0.15, 0.2) is 0 Å². The van der Waals surface area contributed by atoms with E-state index < -0.39 is 16.1 Å². The number of benzene rings is 3. The number of nitrogens with one attached hydrogen (secondary N) is 1. The Morgan fingerprint density at radius 2 is 1.80 bits per heavy atom. The SMILES string of the molecule is CCOC(=O)CCCCc1ccc2cc(OCc3ccccc3)c(N3CC(=O)NS3(=O)=O)cc2c1. The Morgan fingerprint density at radius 3 is 2.51 bits per heavy atom. The van der Waals surface area contributed by atoms with Crippen LogP contribution in [0.15, 0.2) is 60.7 Å². The van der Waals surface area contributed by atoms with Gasteiger partial charge in [0.25, 0.3) is 5.91 Å². The lowest BCUT2D eigenvalue weighted by molar-refractivity contribution is -0.143. The maximum Gasteiger partial charge on any atom is 0.326 e. The second-order valence-electron chi connectivity index (χ2n) is 8.32. The van der Waals surface area contributed by atoms with E-state index in [-0.39, 0.29) is 19.1 Å². The summed E-state index contributed by atoms with van der Waals surface area (Å²) < 4.78 is 39.2. The molecule has 184 valence electrons. The highest BCUT2D eigenvalue weighted by atomic mass is 32.2. The first-order valence-corrected chi connectivity index (χ1v) is 13.0. The summed E-state index contributed by atoms with van der Waals surface area (Å²) in [6.07, 6.45) is 2.73. The van der Waals surface area contributed by atoms with Crippen LogP contribution < -0.4 is 13.8 Å². The molecule has 0 saturated carbocycles. The maximum absolute atomic E-state index is 12.6. The Labute approximate surface area is 205 Å². The number of ether oxygens (including phenoxy) is 2. The molecule has 4 rings (SSSR count). The Balaban J connectivity index is 1.59. The van der Waals surface area contributed by atoms with Crippen LogP contribution in [-0.2, 0) is 37.6 Å². The van der Waals surface area contributed by atoms with E-state index in [1.54, 1.807) is 19.1 Å². The summed E-state index contributed by atoms with van der Waals surface area (Å²) in [5, 5.41) is 1.73. The van der Waals surface area contributed by atoms with Crippen LogP contribution in [0.3, 0.4) is 0 Å². The number of carbonyl (C=O) groups excluding carboxylic acids is 2. The van der Waals surface area contributed by atoms with Gasteiger partial charge in [0.2, 0.25) is 0 Å². The zero-order valence-electron chi connectivity index (χ0n) is 19.5. The number of aryl methyl sites for hydroxylation is 1. The molecule has 3 aromatic rings. The molecule has 1 heterocycles. The molecule has 1 N–H and O–H groups in total. The van der Waals surface area contributed by atoms with Crippen molar-refractivity contribution in [2.75, 3.05) is 17.5 Å². The van der Waals surface area contributed by atoms with E-state index in [0.717, 1.165) is 45.5 Å². The monoisotopic (exact) mass is 496 g/mol. The number of unbranched alkanes of at least 4 members (excludes halogenated alkanes) is 1. The zero-order valence-corrected chi connectivity index (χ0v) is 20.3. The molecule has 0 atom stereocenters. The summed E-state index contributed by atoms with van der Waals surface area (Å²) >= 11 is 0. The Kier molecular flexibility index (Phi) is 7.55. The second kappa shape index (κ2) is 10.8. The molecule has 0 radical (unpaired) electrons. The third kappa shape index (κ3) is 6.10. The molecule has 1 amide bonds. The van der Waals surface area contributed by atoms with Crippen LogP contribution in [0.2, 0.25) is 0 Å². The average molecular weight is 497 g/mol.